The number of amides is 2. The Morgan fingerprint density at radius 1 is 1.50 bits per heavy atom. The Labute approximate surface area is 107 Å². The summed E-state index contributed by atoms with van der Waals surface area (Å²) in [6.07, 6.45) is 0.782. The first-order valence-corrected chi connectivity index (χ1v) is 6.30. The molecule has 1 unspecified atom stereocenters. The van der Waals surface area contributed by atoms with Crippen molar-refractivity contribution in [3.63, 3.8) is 0 Å². The van der Waals surface area contributed by atoms with Gasteiger partial charge in [-0.1, -0.05) is 0 Å². The molecule has 1 N–H and O–H groups in total. The van der Waals surface area contributed by atoms with Gasteiger partial charge in [0.15, 0.2) is 0 Å². The van der Waals surface area contributed by atoms with Crippen LogP contribution in [0.25, 0.3) is 0 Å². The zero-order chi connectivity index (χ0) is 13.7. The molecule has 0 radical (unpaired) electrons. The van der Waals surface area contributed by atoms with Crippen molar-refractivity contribution >= 4 is 12.0 Å². The number of ether oxygens (including phenoxy) is 1. The lowest BCUT2D eigenvalue weighted by molar-refractivity contribution is -0.138. The van der Waals surface area contributed by atoms with Gasteiger partial charge in [0.25, 0.3) is 0 Å². The van der Waals surface area contributed by atoms with Crippen LogP contribution < -0.4 is 0 Å². The number of carboxylic acid groups (broad SMARTS) is 1. The summed E-state index contributed by atoms with van der Waals surface area (Å²) in [7, 11) is 0. The first-order chi connectivity index (χ1) is 8.41. The Morgan fingerprint density at radius 3 is 2.72 bits per heavy atom. The van der Waals surface area contributed by atoms with Crippen LogP contribution in [0.15, 0.2) is 0 Å². The fourth-order valence-electron chi connectivity index (χ4n) is 1.97. The average molecular weight is 258 g/mol. The predicted molar refractivity (Wildman–Crippen MR) is 66.5 cm³/mol. The molecule has 1 heterocycles. The molecule has 0 bridgehead atoms. The van der Waals surface area contributed by atoms with Crippen molar-refractivity contribution in [1.29, 1.82) is 0 Å². The number of carboxylic acids is 1. The average Bonchev–Trinajstić information content (AvgIpc) is 2.49. The van der Waals surface area contributed by atoms with Gasteiger partial charge in [-0.15, -0.1) is 0 Å². The number of urea groups is 1. The molecule has 18 heavy (non-hydrogen) atoms. The van der Waals surface area contributed by atoms with Crippen LogP contribution in [0.5, 0.6) is 0 Å². The fourth-order valence-corrected chi connectivity index (χ4v) is 1.97. The third kappa shape index (κ3) is 4.18. The third-order valence-electron chi connectivity index (χ3n) is 2.90. The summed E-state index contributed by atoms with van der Waals surface area (Å²) in [5.41, 5.74) is 0. The summed E-state index contributed by atoms with van der Waals surface area (Å²) < 4.78 is 5.48. The van der Waals surface area contributed by atoms with Gasteiger partial charge in [-0.2, -0.15) is 0 Å². The number of carbonyl (C=O) groups is 2. The summed E-state index contributed by atoms with van der Waals surface area (Å²) in [5, 5.41) is 8.85. The van der Waals surface area contributed by atoms with Crippen molar-refractivity contribution in [3.8, 4) is 0 Å². The molecule has 0 spiro atoms. The Kier molecular flexibility index (Phi) is 5.40. The zero-order valence-corrected chi connectivity index (χ0v) is 11.3. The highest BCUT2D eigenvalue weighted by Crippen LogP contribution is 2.10. The second kappa shape index (κ2) is 6.58. The summed E-state index contributed by atoms with van der Waals surface area (Å²) in [6, 6.07) is -0.349. The number of hydrogen-bond donors (Lipinski definition) is 1. The Morgan fingerprint density at radius 2 is 2.17 bits per heavy atom. The normalized spacial score (nSPS) is 20.7. The molecule has 2 amide bonds. The minimum atomic E-state index is -0.990. The maximum atomic E-state index is 12.3. The van der Waals surface area contributed by atoms with E-state index in [1.807, 2.05) is 20.8 Å². The number of carbonyl (C=O) groups excluding carboxylic acids is 1. The van der Waals surface area contributed by atoms with Crippen LogP contribution in [-0.2, 0) is 9.53 Å². The van der Waals surface area contributed by atoms with E-state index in [9.17, 15) is 9.59 Å². The maximum Gasteiger partial charge on any atom is 0.323 e. The van der Waals surface area contributed by atoms with E-state index < -0.39 is 5.97 Å². The highest BCUT2D eigenvalue weighted by molar-refractivity contribution is 5.80. The van der Waals surface area contributed by atoms with E-state index in [0.717, 1.165) is 6.42 Å². The number of aliphatic carboxylic acids is 1. The second-order valence-corrected chi connectivity index (χ2v) is 4.88. The highest BCUT2D eigenvalue weighted by Gasteiger charge is 2.27. The maximum absolute atomic E-state index is 12.3. The van der Waals surface area contributed by atoms with E-state index in [-0.39, 0.29) is 24.7 Å². The number of nitrogens with zero attached hydrogens (tertiary/aromatic N) is 2. The van der Waals surface area contributed by atoms with Crippen molar-refractivity contribution < 1.29 is 19.4 Å². The van der Waals surface area contributed by atoms with E-state index in [1.165, 1.54) is 4.90 Å². The fraction of sp³-hybridized carbons (Fsp3) is 0.833. The van der Waals surface area contributed by atoms with Gasteiger partial charge in [0.1, 0.15) is 6.54 Å². The van der Waals surface area contributed by atoms with Crippen LogP contribution in [0.1, 0.15) is 27.2 Å². The van der Waals surface area contributed by atoms with Crippen molar-refractivity contribution in [2.75, 3.05) is 26.2 Å². The lowest BCUT2D eigenvalue weighted by atomic mass is 10.3. The molecule has 0 aromatic heterocycles. The molecule has 1 aliphatic heterocycles. The molecule has 0 saturated carbocycles. The van der Waals surface area contributed by atoms with Crippen LogP contribution in [0, 0.1) is 0 Å². The summed E-state index contributed by atoms with van der Waals surface area (Å²) in [6.45, 7) is 7.07. The molecule has 1 saturated heterocycles. The van der Waals surface area contributed by atoms with Gasteiger partial charge in [0.2, 0.25) is 0 Å². The van der Waals surface area contributed by atoms with Crippen LogP contribution in [0.4, 0.5) is 4.79 Å². The molecule has 0 aliphatic carbocycles. The van der Waals surface area contributed by atoms with Crippen molar-refractivity contribution in [3.05, 3.63) is 0 Å². The van der Waals surface area contributed by atoms with Crippen molar-refractivity contribution in [2.24, 2.45) is 0 Å². The first kappa shape index (κ1) is 14.8. The molecule has 104 valence electrons. The van der Waals surface area contributed by atoms with Crippen molar-refractivity contribution in [2.45, 2.75) is 39.3 Å². The van der Waals surface area contributed by atoms with E-state index in [4.69, 9.17) is 9.84 Å². The predicted octanol–water partition coefficient (Wildman–Crippen LogP) is 1.01. The van der Waals surface area contributed by atoms with E-state index >= 15 is 0 Å². The molecular formula is C12H22N2O4. The van der Waals surface area contributed by atoms with Crippen LogP contribution in [0.2, 0.25) is 0 Å². The van der Waals surface area contributed by atoms with Gasteiger partial charge in [-0.25, -0.2) is 4.79 Å². The van der Waals surface area contributed by atoms with Gasteiger partial charge in [0, 0.05) is 25.7 Å². The minimum absolute atomic E-state index is 0.00436. The molecule has 0 aromatic carbocycles. The van der Waals surface area contributed by atoms with Gasteiger partial charge in [-0.05, 0) is 27.2 Å². The molecule has 1 fully saturated rings. The quantitative estimate of drug-likeness (QED) is 0.820. The molecular weight excluding hydrogens is 236 g/mol. The van der Waals surface area contributed by atoms with Gasteiger partial charge in [-0.3, -0.25) is 4.79 Å². The second-order valence-electron chi connectivity index (χ2n) is 4.88. The first-order valence-electron chi connectivity index (χ1n) is 6.30. The molecule has 1 aliphatic rings. The van der Waals surface area contributed by atoms with Crippen molar-refractivity contribution in [1.82, 2.24) is 9.80 Å². The van der Waals surface area contributed by atoms with E-state index in [0.29, 0.717) is 19.7 Å². The van der Waals surface area contributed by atoms with Gasteiger partial charge >= 0.3 is 12.0 Å². The highest BCUT2D eigenvalue weighted by atomic mass is 16.5. The number of hydrogen-bond acceptors (Lipinski definition) is 3. The van der Waals surface area contributed by atoms with Gasteiger partial charge < -0.3 is 19.6 Å². The lowest BCUT2D eigenvalue weighted by Crippen LogP contribution is -2.49. The van der Waals surface area contributed by atoms with Crippen LogP contribution in [0.3, 0.4) is 0 Å². The molecule has 1 rings (SSSR count). The van der Waals surface area contributed by atoms with Crippen LogP contribution in [-0.4, -0.2) is 65.3 Å². The summed E-state index contributed by atoms with van der Waals surface area (Å²) >= 11 is 0. The standard InChI is InChI=1S/C12H22N2O4/c1-9(2)14(8-11(15)16)12(17)13-5-4-6-18-10(3)7-13/h9-10H,4-8H2,1-3H3,(H,15,16). The molecule has 6 nitrogen and oxygen atoms in total. The smallest absolute Gasteiger partial charge is 0.323 e. The SMILES string of the molecule is CC1CN(C(=O)N(CC(=O)O)C(C)C)CCCO1. The molecule has 1 atom stereocenters. The Balaban J connectivity index is 2.71. The molecule has 0 aromatic rings. The van der Waals surface area contributed by atoms with Crippen LogP contribution >= 0.6 is 0 Å². The van der Waals surface area contributed by atoms with E-state index in [1.54, 1.807) is 4.90 Å². The van der Waals surface area contributed by atoms with E-state index in [2.05, 4.69) is 0 Å². The number of rotatable bonds is 3. The summed E-state index contributed by atoms with van der Waals surface area (Å²) in [5.74, 6) is -0.990. The monoisotopic (exact) mass is 258 g/mol. The topological polar surface area (TPSA) is 70.1 Å². The minimum Gasteiger partial charge on any atom is -0.480 e. The zero-order valence-electron chi connectivity index (χ0n) is 11.3. The molecule has 6 heteroatoms. The Bertz CT molecular complexity index is 306. The largest absolute Gasteiger partial charge is 0.480 e. The lowest BCUT2D eigenvalue weighted by Gasteiger charge is -2.32. The van der Waals surface area contributed by atoms with Gasteiger partial charge in [0.05, 0.1) is 6.10 Å². The third-order valence-corrected chi connectivity index (χ3v) is 2.90. The Hall–Kier alpha value is -1.30. The summed E-state index contributed by atoms with van der Waals surface area (Å²) in [4.78, 5) is 26.2.